The number of aromatic nitrogens is 4. The first kappa shape index (κ1) is 20.9. The molecule has 0 unspecified atom stereocenters. The first-order valence-electron chi connectivity index (χ1n) is 8.39. The highest BCUT2D eigenvalue weighted by Crippen LogP contribution is 2.21. The summed E-state index contributed by atoms with van der Waals surface area (Å²) in [7, 11) is -3.82. The maximum absolute atomic E-state index is 14.2. The summed E-state index contributed by atoms with van der Waals surface area (Å²) in [6.45, 7) is 1.79. The molecule has 0 radical (unpaired) electrons. The van der Waals surface area contributed by atoms with E-state index in [0.29, 0.717) is 16.5 Å². The van der Waals surface area contributed by atoms with Gasteiger partial charge in [-0.15, -0.1) is 5.10 Å². The maximum atomic E-state index is 14.2. The fraction of sp³-hybridized carbons (Fsp3) is 0.176. The second-order valence-corrected chi connectivity index (χ2v) is 8.27. The van der Waals surface area contributed by atoms with Crippen LogP contribution in [0.4, 0.5) is 10.1 Å². The van der Waals surface area contributed by atoms with Crippen LogP contribution in [0.3, 0.4) is 0 Å². The van der Waals surface area contributed by atoms with E-state index in [4.69, 9.17) is 0 Å². The lowest BCUT2D eigenvalue weighted by Crippen LogP contribution is -2.24. The first-order chi connectivity index (χ1) is 13.9. The van der Waals surface area contributed by atoms with E-state index in [2.05, 4.69) is 25.6 Å². The van der Waals surface area contributed by atoms with Gasteiger partial charge in [-0.2, -0.15) is 4.68 Å². The lowest BCUT2D eigenvalue weighted by Gasteiger charge is -2.10. The molecule has 152 valence electrons. The van der Waals surface area contributed by atoms with Crippen LogP contribution in [0.15, 0.2) is 52.5 Å². The molecule has 2 aromatic carbocycles. The summed E-state index contributed by atoms with van der Waals surface area (Å²) in [5.41, 5.74) is 0.581. The number of halogens is 1. The van der Waals surface area contributed by atoms with Crippen LogP contribution in [0.5, 0.6) is 0 Å². The number of hydrogen-bond donors (Lipinski definition) is 2. The minimum Gasteiger partial charge on any atom is -0.322 e. The molecular formula is C17H17FN6O3S2. The van der Waals surface area contributed by atoms with Gasteiger partial charge in [0.05, 0.1) is 16.1 Å². The largest absolute Gasteiger partial charge is 0.322 e. The molecule has 0 bridgehead atoms. The van der Waals surface area contributed by atoms with Gasteiger partial charge in [-0.3, -0.25) is 4.79 Å². The van der Waals surface area contributed by atoms with E-state index in [9.17, 15) is 17.6 Å². The summed E-state index contributed by atoms with van der Waals surface area (Å²) in [6.07, 6.45) is 1.82. The van der Waals surface area contributed by atoms with Crippen molar-refractivity contribution >= 4 is 33.4 Å². The second kappa shape index (κ2) is 8.68. The maximum Gasteiger partial charge on any atom is 0.258 e. The smallest absolute Gasteiger partial charge is 0.258 e. The zero-order valence-electron chi connectivity index (χ0n) is 15.5. The summed E-state index contributed by atoms with van der Waals surface area (Å²) >= 11 is 1.35. The molecular weight excluding hydrogens is 419 g/mol. The Bertz CT molecular complexity index is 1150. The van der Waals surface area contributed by atoms with Crippen molar-refractivity contribution in [3.05, 3.63) is 53.8 Å². The molecule has 3 aromatic rings. The molecule has 0 saturated heterocycles. The Morgan fingerprint density at radius 2 is 2.03 bits per heavy atom. The van der Waals surface area contributed by atoms with Crippen LogP contribution >= 0.6 is 11.8 Å². The molecule has 9 nitrogen and oxygen atoms in total. The zero-order chi connectivity index (χ0) is 21.0. The van der Waals surface area contributed by atoms with Crippen molar-refractivity contribution in [2.75, 3.05) is 18.1 Å². The molecule has 0 aliphatic rings. The normalized spacial score (nSPS) is 11.4. The number of carbonyl (C=O) groups excluding carboxylic acids is 1. The van der Waals surface area contributed by atoms with E-state index in [1.54, 1.807) is 31.2 Å². The number of benzene rings is 2. The van der Waals surface area contributed by atoms with Crippen LogP contribution in [0.25, 0.3) is 5.69 Å². The third-order valence-electron chi connectivity index (χ3n) is 3.80. The van der Waals surface area contributed by atoms with Crippen LogP contribution in [0, 0.1) is 5.82 Å². The third kappa shape index (κ3) is 4.60. The summed E-state index contributed by atoms with van der Waals surface area (Å²) in [5.74, 6) is -1.62. The number of amides is 1. The Morgan fingerprint density at radius 1 is 1.24 bits per heavy atom. The molecule has 0 atom stereocenters. The Kier molecular flexibility index (Phi) is 6.25. The molecule has 2 N–H and O–H groups in total. The lowest BCUT2D eigenvalue weighted by molar-refractivity contribution is 0.102. The molecule has 0 aliphatic heterocycles. The number of sulfonamides is 1. The number of carbonyl (C=O) groups is 1. The van der Waals surface area contributed by atoms with Gasteiger partial charge < -0.3 is 5.32 Å². The number of rotatable bonds is 7. The van der Waals surface area contributed by atoms with Gasteiger partial charge in [-0.1, -0.05) is 24.8 Å². The summed E-state index contributed by atoms with van der Waals surface area (Å²) in [6, 6.07) is 9.70. The van der Waals surface area contributed by atoms with Gasteiger partial charge in [-0.25, -0.2) is 17.5 Å². The minimum atomic E-state index is -3.82. The van der Waals surface area contributed by atoms with Gasteiger partial charge in [-0.05, 0) is 53.1 Å². The monoisotopic (exact) mass is 436 g/mol. The fourth-order valence-electron chi connectivity index (χ4n) is 2.50. The summed E-state index contributed by atoms with van der Waals surface area (Å²) in [5, 5.41) is 14.5. The Morgan fingerprint density at radius 3 is 2.76 bits per heavy atom. The molecule has 1 amide bonds. The first-order valence-corrected chi connectivity index (χ1v) is 11.1. The van der Waals surface area contributed by atoms with Crippen molar-refractivity contribution in [2.24, 2.45) is 0 Å². The Hall–Kier alpha value is -2.83. The van der Waals surface area contributed by atoms with E-state index in [-0.39, 0.29) is 17.0 Å². The lowest BCUT2D eigenvalue weighted by atomic mass is 10.2. The zero-order valence-corrected chi connectivity index (χ0v) is 17.1. The van der Waals surface area contributed by atoms with Crippen molar-refractivity contribution in [3.8, 4) is 5.69 Å². The number of nitrogens with one attached hydrogen (secondary N) is 2. The third-order valence-corrected chi connectivity index (χ3v) is 5.96. The summed E-state index contributed by atoms with van der Waals surface area (Å²) < 4.78 is 42.2. The van der Waals surface area contributed by atoms with Crippen molar-refractivity contribution in [1.82, 2.24) is 24.9 Å². The molecule has 0 fully saturated rings. The van der Waals surface area contributed by atoms with Crippen LogP contribution in [-0.2, 0) is 10.0 Å². The molecule has 12 heteroatoms. The average Bonchev–Trinajstić information content (AvgIpc) is 3.17. The SMILES string of the molecule is CCNS(=O)(=O)c1ccc(F)c(C(=O)Nc2cccc(-n3nnnc3SC)c2)c1. The molecule has 0 aliphatic carbocycles. The summed E-state index contributed by atoms with van der Waals surface area (Å²) in [4.78, 5) is 12.4. The van der Waals surface area contributed by atoms with E-state index < -0.39 is 21.7 Å². The van der Waals surface area contributed by atoms with Gasteiger partial charge in [0.1, 0.15) is 5.82 Å². The number of anilines is 1. The van der Waals surface area contributed by atoms with Gasteiger partial charge >= 0.3 is 0 Å². The van der Waals surface area contributed by atoms with Crippen LogP contribution in [0.2, 0.25) is 0 Å². The van der Waals surface area contributed by atoms with Gasteiger partial charge in [0, 0.05) is 12.2 Å². The molecule has 0 spiro atoms. The molecule has 1 aromatic heterocycles. The van der Waals surface area contributed by atoms with Gasteiger partial charge in [0.15, 0.2) is 0 Å². The van der Waals surface area contributed by atoms with Crippen molar-refractivity contribution in [1.29, 1.82) is 0 Å². The van der Waals surface area contributed by atoms with Crippen molar-refractivity contribution in [3.63, 3.8) is 0 Å². The van der Waals surface area contributed by atoms with Gasteiger partial charge in [0.25, 0.3) is 5.91 Å². The van der Waals surface area contributed by atoms with E-state index >= 15 is 0 Å². The second-order valence-electron chi connectivity index (χ2n) is 5.72. The Balaban J connectivity index is 1.89. The molecule has 0 saturated carbocycles. The van der Waals surface area contributed by atoms with Crippen molar-refractivity contribution in [2.45, 2.75) is 17.0 Å². The number of nitrogens with zero attached hydrogens (tertiary/aromatic N) is 4. The molecule has 3 rings (SSSR count). The van der Waals surface area contributed by atoms with Crippen molar-refractivity contribution < 1.29 is 17.6 Å². The molecule has 29 heavy (non-hydrogen) atoms. The van der Waals surface area contributed by atoms with E-state index in [0.717, 1.165) is 18.2 Å². The highest BCUT2D eigenvalue weighted by Gasteiger charge is 2.19. The van der Waals surface area contributed by atoms with Crippen LogP contribution in [-0.4, -0.2) is 47.3 Å². The quantitative estimate of drug-likeness (QED) is 0.544. The van der Waals surface area contributed by atoms with Gasteiger partial charge in [0.2, 0.25) is 15.2 Å². The Labute approximate surface area is 170 Å². The predicted molar refractivity (Wildman–Crippen MR) is 106 cm³/mol. The molecule has 1 heterocycles. The minimum absolute atomic E-state index is 0.170. The number of tetrazole rings is 1. The van der Waals surface area contributed by atoms with E-state index in [1.807, 2.05) is 6.26 Å². The van der Waals surface area contributed by atoms with Crippen LogP contribution < -0.4 is 10.0 Å². The highest BCUT2D eigenvalue weighted by atomic mass is 32.2. The van der Waals surface area contributed by atoms with E-state index in [1.165, 1.54) is 16.4 Å². The standard InChI is InChI=1S/C17H17FN6O3S2/c1-3-19-29(26,27)13-7-8-15(18)14(10-13)16(25)20-11-5-4-6-12(9-11)24-17(28-2)21-22-23-24/h4-10,19H,3H2,1-2H3,(H,20,25). The van der Waals surface area contributed by atoms with Crippen LogP contribution in [0.1, 0.15) is 17.3 Å². The fourth-order valence-corrected chi connectivity index (χ4v) is 4.00. The number of thioether (sulfide) groups is 1. The highest BCUT2D eigenvalue weighted by molar-refractivity contribution is 7.98. The predicted octanol–water partition coefficient (Wildman–Crippen LogP) is 2.07. The topological polar surface area (TPSA) is 119 Å². The number of hydrogen-bond acceptors (Lipinski definition) is 7. The average molecular weight is 436 g/mol.